The Balaban J connectivity index is 2.23. The number of hydrogen-bond acceptors (Lipinski definition) is 3. The highest BCUT2D eigenvalue weighted by molar-refractivity contribution is 4.90. The molecule has 1 rings (SSSR count). The molecule has 1 aromatic rings. The average molecular weight is 197 g/mol. The molecule has 1 heterocycles. The third-order valence-corrected chi connectivity index (χ3v) is 2.10. The Labute approximate surface area is 85.3 Å². The summed E-state index contributed by atoms with van der Waals surface area (Å²) in [5.41, 5.74) is 0. The van der Waals surface area contributed by atoms with E-state index in [0.717, 1.165) is 25.6 Å². The van der Waals surface area contributed by atoms with Gasteiger partial charge in [-0.25, -0.2) is 4.98 Å². The van der Waals surface area contributed by atoms with Gasteiger partial charge in [-0.05, 0) is 13.8 Å². The normalized spacial score (nSPS) is 13.1. The lowest BCUT2D eigenvalue weighted by atomic mass is 10.3. The summed E-state index contributed by atoms with van der Waals surface area (Å²) >= 11 is 0. The lowest BCUT2D eigenvalue weighted by Crippen LogP contribution is -2.31. The largest absolute Gasteiger partial charge is 0.380 e. The van der Waals surface area contributed by atoms with E-state index >= 15 is 0 Å². The van der Waals surface area contributed by atoms with Crippen LogP contribution < -0.4 is 5.32 Å². The van der Waals surface area contributed by atoms with E-state index in [1.807, 2.05) is 30.9 Å². The maximum Gasteiger partial charge on any atom is 0.122 e. The zero-order chi connectivity index (χ0) is 10.4. The molecule has 0 saturated carbocycles. The Morgan fingerprint density at radius 1 is 1.64 bits per heavy atom. The molecule has 0 aliphatic rings. The summed E-state index contributed by atoms with van der Waals surface area (Å²) in [6.45, 7) is 6.43. The molecule has 1 aromatic heterocycles. The Kier molecular flexibility index (Phi) is 4.62. The van der Waals surface area contributed by atoms with Crippen molar-refractivity contribution in [2.24, 2.45) is 7.05 Å². The Bertz CT molecular complexity index is 260. The predicted octanol–water partition coefficient (Wildman–Crippen LogP) is 0.935. The number of rotatable bonds is 6. The topological polar surface area (TPSA) is 39.1 Å². The van der Waals surface area contributed by atoms with Crippen molar-refractivity contribution in [2.45, 2.75) is 26.4 Å². The SMILES string of the molecule is CCOCC(C)NCc1nccn1C. The molecule has 0 fully saturated rings. The third-order valence-electron chi connectivity index (χ3n) is 2.10. The molecule has 0 aromatic carbocycles. The van der Waals surface area contributed by atoms with E-state index in [9.17, 15) is 0 Å². The fourth-order valence-corrected chi connectivity index (χ4v) is 1.19. The molecule has 0 aliphatic heterocycles. The molecule has 0 spiro atoms. The van der Waals surface area contributed by atoms with Crippen LogP contribution in [0.25, 0.3) is 0 Å². The minimum Gasteiger partial charge on any atom is -0.380 e. The van der Waals surface area contributed by atoms with Crippen LogP contribution in [0.15, 0.2) is 12.4 Å². The van der Waals surface area contributed by atoms with Crippen LogP contribution in [0.3, 0.4) is 0 Å². The van der Waals surface area contributed by atoms with Crippen LogP contribution in [0, 0.1) is 0 Å². The summed E-state index contributed by atoms with van der Waals surface area (Å²) in [6, 6.07) is 0.367. The van der Waals surface area contributed by atoms with Gasteiger partial charge in [-0.2, -0.15) is 0 Å². The smallest absolute Gasteiger partial charge is 0.122 e. The van der Waals surface area contributed by atoms with E-state index in [4.69, 9.17) is 4.74 Å². The van der Waals surface area contributed by atoms with Gasteiger partial charge in [0.15, 0.2) is 0 Å². The quantitative estimate of drug-likeness (QED) is 0.737. The molecule has 1 N–H and O–H groups in total. The number of aryl methyl sites for hydroxylation is 1. The van der Waals surface area contributed by atoms with Crippen LogP contribution in [-0.4, -0.2) is 28.8 Å². The molecular weight excluding hydrogens is 178 g/mol. The molecule has 4 heteroatoms. The summed E-state index contributed by atoms with van der Waals surface area (Å²) in [5, 5.41) is 3.35. The highest BCUT2D eigenvalue weighted by Crippen LogP contribution is 1.94. The van der Waals surface area contributed by atoms with E-state index in [-0.39, 0.29) is 0 Å². The number of imidazole rings is 1. The van der Waals surface area contributed by atoms with Crippen molar-refractivity contribution < 1.29 is 4.74 Å². The second kappa shape index (κ2) is 5.78. The lowest BCUT2D eigenvalue weighted by Gasteiger charge is -2.13. The standard InChI is InChI=1S/C10H19N3O/c1-4-14-8-9(2)12-7-10-11-5-6-13(10)3/h5-6,9,12H,4,7-8H2,1-3H3. The van der Waals surface area contributed by atoms with E-state index in [2.05, 4.69) is 17.2 Å². The van der Waals surface area contributed by atoms with Crippen LogP contribution in [0.5, 0.6) is 0 Å². The second-order valence-electron chi connectivity index (χ2n) is 3.40. The minimum absolute atomic E-state index is 0.367. The van der Waals surface area contributed by atoms with Crippen LogP contribution >= 0.6 is 0 Å². The molecule has 1 atom stereocenters. The minimum atomic E-state index is 0.367. The zero-order valence-electron chi connectivity index (χ0n) is 9.16. The Morgan fingerprint density at radius 2 is 2.43 bits per heavy atom. The second-order valence-corrected chi connectivity index (χ2v) is 3.40. The first-order chi connectivity index (χ1) is 6.74. The van der Waals surface area contributed by atoms with E-state index in [1.165, 1.54) is 0 Å². The summed E-state index contributed by atoms with van der Waals surface area (Å²) in [6.07, 6.45) is 3.76. The summed E-state index contributed by atoms with van der Waals surface area (Å²) in [4.78, 5) is 4.23. The van der Waals surface area contributed by atoms with Crippen molar-refractivity contribution in [3.8, 4) is 0 Å². The first-order valence-corrected chi connectivity index (χ1v) is 5.01. The highest BCUT2D eigenvalue weighted by atomic mass is 16.5. The predicted molar refractivity (Wildman–Crippen MR) is 56.0 cm³/mol. The molecule has 0 aliphatic carbocycles. The Morgan fingerprint density at radius 3 is 3.00 bits per heavy atom. The average Bonchev–Trinajstić information content (AvgIpc) is 2.58. The molecule has 1 unspecified atom stereocenters. The molecule has 14 heavy (non-hydrogen) atoms. The zero-order valence-corrected chi connectivity index (χ0v) is 9.16. The van der Waals surface area contributed by atoms with Gasteiger partial charge in [0.2, 0.25) is 0 Å². The van der Waals surface area contributed by atoms with Crippen molar-refractivity contribution >= 4 is 0 Å². The summed E-state index contributed by atoms with van der Waals surface area (Å²) in [5.74, 6) is 1.05. The monoisotopic (exact) mass is 197 g/mol. The van der Waals surface area contributed by atoms with E-state index in [0.29, 0.717) is 6.04 Å². The molecule has 80 valence electrons. The molecule has 0 bridgehead atoms. The van der Waals surface area contributed by atoms with Gasteiger partial charge < -0.3 is 14.6 Å². The number of hydrogen-bond donors (Lipinski definition) is 1. The van der Waals surface area contributed by atoms with Crippen LogP contribution in [0.1, 0.15) is 19.7 Å². The van der Waals surface area contributed by atoms with Gasteiger partial charge in [0.05, 0.1) is 13.2 Å². The van der Waals surface area contributed by atoms with Crippen molar-refractivity contribution in [1.29, 1.82) is 0 Å². The molecule has 4 nitrogen and oxygen atoms in total. The van der Waals surface area contributed by atoms with Gasteiger partial charge in [0.1, 0.15) is 5.82 Å². The van der Waals surface area contributed by atoms with Crippen LogP contribution in [0.2, 0.25) is 0 Å². The van der Waals surface area contributed by atoms with Crippen LogP contribution in [-0.2, 0) is 18.3 Å². The number of aromatic nitrogens is 2. The Hall–Kier alpha value is -0.870. The summed E-state index contributed by atoms with van der Waals surface area (Å²) in [7, 11) is 2.00. The number of nitrogens with one attached hydrogen (secondary N) is 1. The van der Waals surface area contributed by atoms with Gasteiger partial charge in [0, 0.05) is 32.1 Å². The summed E-state index contributed by atoms with van der Waals surface area (Å²) < 4.78 is 7.32. The number of nitrogens with zero attached hydrogens (tertiary/aromatic N) is 2. The molecule has 0 radical (unpaired) electrons. The first kappa shape index (κ1) is 11.2. The number of ether oxygens (including phenoxy) is 1. The molecular formula is C10H19N3O. The van der Waals surface area contributed by atoms with Crippen molar-refractivity contribution in [3.05, 3.63) is 18.2 Å². The van der Waals surface area contributed by atoms with Crippen molar-refractivity contribution in [3.63, 3.8) is 0 Å². The van der Waals surface area contributed by atoms with Gasteiger partial charge in [0.25, 0.3) is 0 Å². The van der Waals surface area contributed by atoms with Crippen molar-refractivity contribution in [2.75, 3.05) is 13.2 Å². The van der Waals surface area contributed by atoms with Gasteiger partial charge in [-0.3, -0.25) is 0 Å². The lowest BCUT2D eigenvalue weighted by molar-refractivity contribution is 0.126. The van der Waals surface area contributed by atoms with Gasteiger partial charge >= 0.3 is 0 Å². The maximum absolute atomic E-state index is 5.31. The fraction of sp³-hybridized carbons (Fsp3) is 0.700. The fourth-order valence-electron chi connectivity index (χ4n) is 1.19. The van der Waals surface area contributed by atoms with Gasteiger partial charge in [-0.1, -0.05) is 0 Å². The third kappa shape index (κ3) is 3.47. The first-order valence-electron chi connectivity index (χ1n) is 5.01. The highest BCUT2D eigenvalue weighted by Gasteiger charge is 2.03. The van der Waals surface area contributed by atoms with Gasteiger partial charge in [-0.15, -0.1) is 0 Å². The molecule has 0 amide bonds. The van der Waals surface area contributed by atoms with E-state index < -0.39 is 0 Å². The molecule has 0 saturated heterocycles. The van der Waals surface area contributed by atoms with Crippen molar-refractivity contribution in [1.82, 2.24) is 14.9 Å². The maximum atomic E-state index is 5.31. The van der Waals surface area contributed by atoms with E-state index in [1.54, 1.807) is 0 Å². The van der Waals surface area contributed by atoms with Crippen LogP contribution in [0.4, 0.5) is 0 Å².